The number of hydrogen-bond donors (Lipinski definition) is 1. The maximum Gasteiger partial charge on any atom is 0.336 e. The van der Waals surface area contributed by atoms with E-state index in [0.717, 1.165) is 22.1 Å². The Bertz CT molecular complexity index is 1400. The van der Waals surface area contributed by atoms with E-state index in [1.165, 1.54) is 19.4 Å². The number of rotatable bonds is 8. The Kier molecular flexibility index (Phi) is 6.88. The van der Waals surface area contributed by atoms with E-state index in [9.17, 15) is 9.59 Å². The standard InChI is InChI=1S/C26H22N2O6/c1-31-22-11-8-17(12-24(22)32-2)15-27-28-25(29)16-33-19-9-10-20-21(18-6-4-3-5-7-18)14-26(30)34-23(20)13-19/h3-15H,16H2,1-2H3,(H,28,29)/b27-15+. The first kappa shape index (κ1) is 22.6. The van der Waals surface area contributed by atoms with Crippen LogP contribution < -0.4 is 25.3 Å². The van der Waals surface area contributed by atoms with Crippen LogP contribution in [-0.2, 0) is 4.79 Å². The van der Waals surface area contributed by atoms with Crippen molar-refractivity contribution in [1.82, 2.24) is 5.43 Å². The molecule has 0 aliphatic heterocycles. The molecule has 0 aliphatic carbocycles. The molecule has 0 bridgehead atoms. The van der Waals surface area contributed by atoms with Crippen LogP contribution >= 0.6 is 0 Å². The van der Waals surface area contributed by atoms with Crippen molar-refractivity contribution in [2.75, 3.05) is 20.8 Å². The first-order valence-corrected chi connectivity index (χ1v) is 10.4. The van der Waals surface area contributed by atoms with Crippen molar-refractivity contribution in [2.24, 2.45) is 5.10 Å². The van der Waals surface area contributed by atoms with Crippen molar-refractivity contribution >= 4 is 23.1 Å². The maximum absolute atomic E-state index is 12.1. The highest BCUT2D eigenvalue weighted by molar-refractivity contribution is 5.93. The number of carbonyl (C=O) groups is 1. The number of hydrogen-bond acceptors (Lipinski definition) is 7. The van der Waals surface area contributed by atoms with Gasteiger partial charge in [-0.1, -0.05) is 30.3 Å². The molecule has 1 amide bonds. The van der Waals surface area contributed by atoms with Crippen molar-refractivity contribution in [1.29, 1.82) is 0 Å². The Labute approximate surface area is 195 Å². The quantitative estimate of drug-likeness (QED) is 0.243. The number of hydrazone groups is 1. The van der Waals surface area contributed by atoms with Crippen molar-refractivity contribution < 1.29 is 23.4 Å². The highest BCUT2D eigenvalue weighted by Gasteiger charge is 2.10. The van der Waals surface area contributed by atoms with Gasteiger partial charge in [0.25, 0.3) is 5.91 Å². The minimum absolute atomic E-state index is 0.266. The molecule has 0 radical (unpaired) electrons. The van der Waals surface area contributed by atoms with E-state index < -0.39 is 11.5 Å². The summed E-state index contributed by atoms with van der Waals surface area (Å²) in [6, 6.07) is 21.4. The SMILES string of the molecule is COc1ccc(/C=N/NC(=O)COc2ccc3c(-c4ccccc4)cc(=O)oc3c2)cc1OC. The normalized spacial score (nSPS) is 10.9. The highest BCUT2D eigenvalue weighted by atomic mass is 16.5. The molecular formula is C26H22N2O6. The molecule has 1 aromatic heterocycles. The lowest BCUT2D eigenvalue weighted by Gasteiger charge is -2.09. The summed E-state index contributed by atoms with van der Waals surface area (Å²) >= 11 is 0. The van der Waals surface area contributed by atoms with Crippen LogP contribution in [-0.4, -0.2) is 32.9 Å². The van der Waals surface area contributed by atoms with Crippen molar-refractivity contribution in [2.45, 2.75) is 0 Å². The topological polar surface area (TPSA) is 99.4 Å². The van der Waals surface area contributed by atoms with E-state index in [1.807, 2.05) is 30.3 Å². The molecule has 4 rings (SSSR count). The predicted octanol–water partition coefficient (Wildman–Crippen LogP) is 4.01. The van der Waals surface area contributed by atoms with Gasteiger partial charge in [0, 0.05) is 17.5 Å². The summed E-state index contributed by atoms with van der Waals surface area (Å²) in [7, 11) is 3.09. The Morgan fingerprint density at radius 1 is 0.971 bits per heavy atom. The maximum atomic E-state index is 12.1. The average Bonchev–Trinajstić information content (AvgIpc) is 2.87. The van der Waals surface area contributed by atoms with Crippen LogP contribution in [0.25, 0.3) is 22.1 Å². The summed E-state index contributed by atoms with van der Waals surface area (Å²) in [6.07, 6.45) is 1.48. The fourth-order valence-electron chi connectivity index (χ4n) is 3.38. The number of nitrogens with one attached hydrogen (secondary N) is 1. The molecule has 0 atom stereocenters. The molecule has 1 N–H and O–H groups in total. The monoisotopic (exact) mass is 458 g/mol. The van der Waals surface area contributed by atoms with Gasteiger partial charge in [-0.15, -0.1) is 0 Å². The van der Waals surface area contributed by atoms with Gasteiger partial charge in [0.1, 0.15) is 11.3 Å². The molecule has 34 heavy (non-hydrogen) atoms. The molecular weight excluding hydrogens is 436 g/mol. The molecule has 0 unspecified atom stereocenters. The van der Waals surface area contributed by atoms with Crippen molar-refractivity contribution in [3.05, 3.63) is 88.8 Å². The summed E-state index contributed by atoms with van der Waals surface area (Å²) < 4.78 is 21.3. The lowest BCUT2D eigenvalue weighted by molar-refractivity contribution is -0.123. The molecule has 0 fully saturated rings. The Balaban J connectivity index is 1.41. The third-order valence-electron chi connectivity index (χ3n) is 4.98. The van der Waals surface area contributed by atoms with Gasteiger partial charge in [-0.3, -0.25) is 4.79 Å². The highest BCUT2D eigenvalue weighted by Crippen LogP contribution is 2.29. The molecule has 4 aromatic rings. The molecule has 8 nitrogen and oxygen atoms in total. The van der Waals surface area contributed by atoms with Crippen LogP contribution in [0, 0.1) is 0 Å². The van der Waals surface area contributed by atoms with Crippen LogP contribution in [0.15, 0.2) is 87.1 Å². The smallest absolute Gasteiger partial charge is 0.336 e. The summed E-state index contributed by atoms with van der Waals surface area (Å²) in [5.41, 5.74) is 4.70. The van der Waals surface area contributed by atoms with Crippen LogP contribution in [0.4, 0.5) is 0 Å². The van der Waals surface area contributed by atoms with E-state index in [-0.39, 0.29) is 6.61 Å². The summed E-state index contributed by atoms with van der Waals surface area (Å²) in [5, 5.41) is 4.70. The van der Waals surface area contributed by atoms with Gasteiger partial charge in [0.2, 0.25) is 0 Å². The van der Waals surface area contributed by atoms with E-state index in [2.05, 4.69) is 10.5 Å². The van der Waals surface area contributed by atoms with Crippen LogP contribution in [0.5, 0.6) is 17.2 Å². The van der Waals surface area contributed by atoms with E-state index in [4.69, 9.17) is 18.6 Å². The molecule has 0 saturated heterocycles. The molecule has 0 spiro atoms. The second-order valence-corrected chi connectivity index (χ2v) is 7.20. The third kappa shape index (κ3) is 5.24. The van der Waals surface area contributed by atoms with Crippen LogP contribution in [0.3, 0.4) is 0 Å². The lowest BCUT2D eigenvalue weighted by atomic mass is 10.0. The van der Waals surface area contributed by atoms with Crippen molar-refractivity contribution in [3.8, 4) is 28.4 Å². The molecule has 1 heterocycles. The van der Waals surface area contributed by atoms with Crippen LogP contribution in [0.1, 0.15) is 5.56 Å². The Hall–Kier alpha value is -4.59. The number of carbonyl (C=O) groups excluding carboxylic acids is 1. The van der Waals surface area contributed by atoms with E-state index in [0.29, 0.717) is 22.8 Å². The summed E-state index contributed by atoms with van der Waals surface area (Å²) in [6.45, 7) is -0.266. The van der Waals surface area contributed by atoms with Gasteiger partial charge < -0.3 is 18.6 Å². The summed E-state index contributed by atoms with van der Waals surface area (Å²) in [5.74, 6) is 1.09. The number of benzene rings is 3. The van der Waals surface area contributed by atoms with Crippen LogP contribution in [0.2, 0.25) is 0 Å². The Morgan fingerprint density at radius 3 is 2.53 bits per heavy atom. The van der Waals surface area contributed by atoms with Gasteiger partial charge >= 0.3 is 5.63 Å². The van der Waals surface area contributed by atoms with Gasteiger partial charge in [-0.25, -0.2) is 10.2 Å². The zero-order valence-electron chi connectivity index (χ0n) is 18.6. The molecule has 3 aromatic carbocycles. The van der Waals surface area contributed by atoms with Gasteiger partial charge in [0.15, 0.2) is 18.1 Å². The molecule has 8 heteroatoms. The summed E-state index contributed by atoms with van der Waals surface area (Å²) in [4.78, 5) is 24.2. The average molecular weight is 458 g/mol. The third-order valence-corrected chi connectivity index (χ3v) is 4.98. The predicted molar refractivity (Wildman–Crippen MR) is 129 cm³/mol. The van der Waals surface area contributed by atoms with Gasteiger partial charge in [0.05, 0.1) is 20.4 Å². The minimum atomic E-state index is -0.467. The zero-order chi connectivity index (χ0) is 23.9. The fraction of sp³-hybridized carbons (Fsp3) is 0.115. The lowest BCUT2D eigenvalue weighted by Crippen LogP contribution is -2.24. The second kappa shape index (κ2) is 10.4. The molecule has 0 aliphatic rings. The van der Waals surface area contributed by atoms with Gasteiger partial charge in [-0.2, -0.15) is 5.10 Å². The first-order chi connectivity index (χ1) is 16.6. The minimum Gasteiger partial charge on any atom is -0.493 e. The largest absolute Gasteiger partial charge is 0.493 e. The number of methoxy groups -OCH3 is 2. The van der Waals surface area contributed by atoms with E-state index >= 15 is 0 Å². The second-order valence-electron chi connectivity index (χ2n) is 7.20. The first-order valence-electron chi connectivity index (χ1n) is 10.4. The zero-order valence-corrected chi connectivity index (χ0v) is 18.6. The van der Waals surface area contributed by atoms with Gasteiger partial charge in [-0.05, 0) is 47.0 Å². The number of fused-ring (bicyclic) bond motifs is 1. The number of nitrogens with zero attached hydrogens (tertiary/aromatic N) is 1. The number of amides is 1. The molecule has 172 valence electrons. The fourth-order valence-corrected chi connectivity index (χ4v) is 3.38. The number of ether oxygens (including phenoxy) is 3. The molecule has 0 saturated carbocycles. The van der Waals surface area contributed by atoms with E-state index in [1.54, 1.807) is 43.5 Å². The Morgan fingerprint density at radius 2 is 1.76 bits per heavy atom. The van der Waals surface area contributed by atoms with Crippen molar-refractivity contribution in [3.63, 3.8) is 0 Å².